The van der Waals surface area contributed by atoms with E-state index in [4.69, 9.17) is 4.74 Å². The second-order valence-electron chi connectivity index (χ2n) is 7.39. The molecule has 1 aromatic carbocycles. The van der Waals surface area contributed by atoms with Gasteiger partial charge in [0.25, 0.3) is 0 Å². The average Bonchev–Trinajstić information content (AvgIpc) is 3.34. The van der Waals surface area contributed by atoms with Gasteiger partial charge in [-0.15, -0.1) is 24.0 Å². The van der Waals surface area contributed by atoms with Crippen LogP contribution in [0.25, 0.3) is 0 Å². The van der Waals surface area contributed by atoms with Gasteiger partial charge < -0.3 is 15.4 Å². The fourth-order valence-corrected chi connectivity index (χ4v) is 4.25. The number of hydrogen-bond donors (Lipinski definition) is 2. The molecule has 1 saturated carbocycles. The zero-order valence-corrected chi connectivity index (χ0v) is 18.6. The van der Waals surface area contributed by atoms with Gasteiger partial charge in [0, 0.05) is 31.4 Å². The first-order valence-electron chi connectivity index (χ1n) is 9.65. The van der Waals surface area contributed by atoms with Crippen molar-refractivity contribution in [3.63, 3.8) is 0 Å². The molecule has 0 bridgehead atoms. The minimum Gasteiger partial charge on any atom is -0.487 e. The second kappa shape index (κ2) is 9.27. The molecule has 2 aromatic rings. The van der Waals surface area contributed by atoms with Gasteiger partial charge in [0.05, 0.1) is 12.6 Å². The number of ether oxygens (including phenoxy) is 1. The van der Waals surface area contributed by atoms with Gasteiger partial charge in [0.15, 0.2) is 5.96 Å². The molecule has 1 aliphatic carbocycles. The minimum absolute atomic E-state index is 0. The van der Waals surface area contributed by atoms with Gasteiger partial charge in [0.2, 0.25) is 0 Å². The predicted molar refractivity (Wildman–Crippen MR) is 118 cm³/mol. The van der Waals surface area contributed by atoms with Crippen molar-refractivity contribution in [1.29, 1.82) is 0 Å². The van der Waals surface area contributed by atoms with Crippen LogP contribution in [0.4, 0.5) is 8.78 Å². The number of halogens is 3. The zero-order valence-electron chi connectivity index (χ0n) is 16.3. The molecule has 1 aliphatic heterocycles. The standard InChI is InChI=1S/C20H25F2N5O.HI/c1-23-19(25-13-17-24-10-11-27(17)18(21)22)26-15-12-20(8-4-5-9-20)28-16-7-3-2-6-14(15)16;/h2-3,6-7,10-11,15,18H,4-5,8-9,12-13H2,1H3,(H2,23,25,26);1H. The van der Waals surface area contributed by atoms with Gasteiger partial charge in [-0.05, 0) is 31.7 Å². The Kier molecular flexibility index (Phi) is 6.97. The van der Waals surface area contributed by atoms with Crippen molar-refractivity contribution >= 4 is 29.9 Å². The number of nitrogens with zero attached hydrogens (tertiary/aromatic N) is 3. The maximum atomic E-state index is 13.0. The Bertz CT molecular complexity index is 851. The van der Waals surface area contributed by atoms with Crippen LogP contribution in [-0.2, 0) is 6.54 Å². The Balaban J connectivity index is 0.00000240. The number of aliphatic imine (C=N–C) groups is 1. The highest BCUT2D eigenvalue weighted by Crippen LogP contribution is 2.46. The Morgan fingerprint density at radius 3 is 2.83 bits per heavy atom. The summed E-state index contributed by atoms with van der Waals surface area (Å²) >= 11 is 0. The third kappa shape index (κ3) is 4.65. The lowest BCUT2D eigenvalue weighted by Crippen LogP contribution is -2.46. The Hall–Kier alpha value is -1.91. The first-order chi connectivity index (χ1) is 13.6. The molecule has 1 unspecified atom stereocenters. The van der Waals surface area contributed by atoms with E-state index in [9.17, 15) is 8.78 Å². The van der Waals surface area contributed by atoms with Crippen LogP contribution in [0.15, 0.2) is 41.7 Å². The van der Waals surface area contributed by atoms with E-state index < -0.39 is 6.55 Å². The summed E-state index contributed by atoms with van der Waals surface area (Å²) < 4.78 is 33.3. The van der Waals surface area contributed by atoms with E-state index in [2.05, 4.69) is 26.7 Å². The Morgan fingerprint density at radius 2 is 2.10 bits per heavy atom. The summed E-state index contributed by atoms with van der Waals surface area (Å²) in [6, 6.07) is 8.11. The largest absolute Gasteiger partial charge is 0.487 e. The molecule has 1 aromatic heterocycles. The molecule has 6 nitrogen and oxygen atoms in total. The molecular formula is C20H26F2IN5O. The van der Waals surface area contributed by atoms with E-state index in [0.29, 0.717) is 5.96 Å². The maximum Gasteiger partial charge on any atom is 0.319 e. The second-order valence-corrected chi connectivity index (χ2v) is 7.39. The normalized spacial score (nSPS) is 20.1. The van der Waals surface area contributed by atoms with Crippen LogP contribution in [0.2, 0.25) is 0 Å². The summed E-state index contributed by atoms with van der Waals surface area (Å²) in [5, 5.41) is 6.56. The van der Waals surface area contributed by atoms with Crippen molar-refractivity contribution < 1.29 is 13.5 Å². The van der Waals surface area contributed by atoms with Crippen LogP contribution < -0.4 is 15.4 Å². The zero-order chi connectivity index (χ0) is 19.6. The lowest BCUT2D eigenvalue weighted by Gasteiger charge is -2.40. The molecule has 2 heterocycles. The van der Waals surface area contributed by atoms with Gasteiger partial charge in [-0.2, -0.15) is 8.78 Å². The molecule has 29 heavy (non-hydrogen) atoms. The number of para-hydroxylation sites is 1. The molecule has 9 heteroatoms. The molecule has 2 aliphatic rings. The first kappa shape index (κ1) is 21.8. The molecule has 1 fully saturated rings. The summed E-state index contributed by atoms with van der Waals surface area (Å²) in [7, 11) is 1.67. The molecule has 2 N–H and O–H groups in total. The SMILES string of the molecule is CN=C(NCc1nccn1C(F)F)NC1CC2(CCCC2)Oc2ccccc21.I. The van der Waals surface area contributed by atoms with Gasteiger partial charge in [-0.25, -0.2) is 4.98 Å². The van der Waals surface area contributed by atoms with E-state index in [1.54, 1.807) is 7.05 Å². The fourth-order valence-electron chi connectivity index (χ4n) is 4.25. The van der Waals surface area contributed by atoms with E-state index in [1.807, 2.05) is 18.2 Å². The summed E-state index contributed by atoms with van der Waals surface area (Å²) in [6.07, 6.45) is 7.97. The quantitative estimate of drug-likeness (QED) is 0.359. The molecular weight excluding hydrogens is 491 g/mol. The number of benzene rings is 1. The third-order valence-corrected chi connectivity index (χ3v) is 5.62. The smallest absolute Gasteiger partial charge is 0.319 e. The van der Waals surface area contributed by atoms with E-state index in [0.717, 1.165) is 35.1 Å². The number of hydrogen-bond acceptors (Lipinski definition) is 3. The van der Waals surface area contributed by atoms with Crippen LogP contribution in [0.5, 0.6) is 5.75 Å². The fraction of sp³-hybridized carbons (Fsp3) is 0.500. The van der Waals surface area contributed by atoms with Crippen LogP contribution in [0.1, 0.15) is 56.1 Å². The highest BCUT2D eigenvalue weighted by molar-refractivity contribution is 14.0. The van der Waals surface area contributed by atoms with Crippen molar-refractivity contribution in [1.82, 2.24) is 20.2 Å². The molecule has 0 radical (unpaired) electrons. The van der Waals surface area contributed by atoms with Gasteiger partial charge in [-0.1, -0.05) is 18.2 Å². The molecule has 0 amide bonds. The van der Waals surface area contributed by atoms with Crippen LogP contribution in [0, 0.1) is 0 Å². The van der Waals surface area contributed by atoms with Crippen molar-refractivity contribution in [2.45, 2.75) is 56.8 Å². The number of rotatable bonds is 4. The van der Waals surface area contributed by atoms with Crippen molar-refractivity contribution in [3.05, 3.63) is 48.0 Å². The predicted octanol–water partition coefficient (Wildman–Crippen LogP) is 4.40. The molecule has 4 rings (SSSR count). The first-order valence-corrected chi connectivity index (χ1v) is 9.65. The number of aromatic nitrogens is 2. The van der Waals surface area contributed by atoms with Gasteiger partial charge >= 0.3 is 6.55 Å². The molecule has 158 valence electrons. The molecule has 0 saturated heterocycles. The lowest BCUT2D eigenvalue weighted by atomic mass is 9.86. The molecule has 1 atom stereocenters. The maximum absolute atomic E-state index is 13.0. The van der Waals surface area contributed by atoms with Crippen LogP contribution >= 0.6 is 24.0 Å². The van der Waals surface area contributed by atoms with E-state index in [1.165, 1.54) is 25.2 Å². The number of alkyl halides is 2. The van der Waals surface area contributed by atoms with Crippen LogP contribution in [0.3, 0.4) is 0 Å². The summed E-state index contributed by atoms with van der Waals surface area (Å²) in [5.41, 5.74) is 0.966. The number of nitrogens with one attached hydrogen (secondary N) is 2. The minimum atomic E-state index is -2.61. The number of fused-ring (bicyclic) bond motifs is 1. The topological polar surface area (TPSA) is 63.5 Å². The van der Waals surface area contributed by atoms with Gasteiger partial charge in [0.1, 0.15) is 17.2 Å². The Morgan fingerprint density at radius 1 is 1.34 bits per heavy atom. The number of guanidine groups is 1. The molecule has 1 spiro atoms. The third-order valence-electron chi connectivity index (χ3n) is 5.62. The number of imidazole rings is 1. The van der Waals surface area contributed by atoms with E-state index in [-0.39, 0.29) is 48.0 Å². The highest BCUT2D eigenvalue weighted by Gasteiger charge is 2.43. The van der Waals surface area contributed by atoms with Gasteiger partial charge in [-0.3, -0.25) is 9.56 Å². The van der Waals surface area contributed by atoms with Crippen molar-refractivity contribution in [2.75, 3.05) is 7.05 Å². The highest BCUT2D eigenvalue weighted by atomic mass is 127. The van der Waals surface area contributed by atoms with Crippen LogP contribution in [-0.4, -0.2) is 28.2 Å². The summed E-state index contributed by atoms with van der Waals surface area (Å²) in [5.74, 6) is 1.73. The summed E-state index contributed by atoms with van der Waals surface area (Å²) in [6.45, 7) is -2.45. The summed E-state index contributed by atoms with van der Waals surface area (Å²) in [4.78, 5) is 8.28. The van der Waals surface area contributed by atoms with Crippen molar-refractivity contribution in [3.8, 4) is 5.75 Å². The monoisotopic (exact) mass is 517 g/mol. The van der Waals surface area contributed by atoms with E-state index >= 15 is 0 Å². The van der Waals surface area contributed by atoms with Crippen molar-refractivity contribution in [2.24, 2.45) is 4.99 Å². The average molecular weight is 517 g/mol. The Labute approximate surface area is 186 Å². The lowest BCUT2D eigenvalue weighted by molar-refractivity contribution is 0.0395.